The average Bonchev–Trinajstić information content (AvgIpc) is 2.73. The third-order valence-electron chi connectivity index (χ3n) is 4.72. The van der Waals surface area contributed by atoms with E-state index in [1.165, 1.54) is 49.6 Å². The molecule has 1 aromatic heterocycles. The van der Waals surface area contributed by atoms with Gasteiger partial charge in [-0.1, -0.05) is 17.7 Å². The van der Waals surface area contributed by atoms with Crippen LogP contribution in [0.15, 0.2) is 41.3 Å². The van der Waals surface area contributed by atoms with Crippen LogP contribution in [0.5, 0.6) is 11.6 Å². The predicted octanol–water partition coefficient (Wildman–Crippen LogP) is 5.98. The molecule has 1 amide bonds. The quantitative estimate of drug-likeness (QED) is 0.406. The first-order valence-electron chi connectivity index (χ1n) is 9.42. The Morgan fingerprint density at radius 2 is 1.82 bits per heavy atom. The number of nitrogens with one attached hydrogen (secondary N) is 2. The first-order valence-corrected chi connectivity index (χ1v) is 11.8. The van der Waals surface area contributed by atoms with Gasteiger partial charge in [-0.05, 0) is 49.7 Å². The van der Waals surface area contributed by atoms with E-state index in [1.807, 2.05) is 0 Å². The van der Waals surface area contributed by atoms with Gasteiger partial charge in [0.25, 0.3) is 11.8 Å². The molecule has 1 atom stereocenters. The average molecular weight is 517 g/mol. The fourth-order valence-electron chi connectivity index (χ4n) is 2.97. The Morgan fingerprint density at radius 3 is 2.44 bits per heavy atom. The van der Waals surface area contributed by atoms with Crippen molar-refractivity contribution in [3.63, 3.8) is 0 Å². The zero-order chi connectivity index (χ0) is 25.4. The van der Waals surface area contributed by atoms with E-state index in [0.29, 0.717) is 0 Å². The number of rotatable bonds is 5. The van der Waals surface area contributed by atoms with Crippen molar-refractivity contribution < 1.29 is 31.3 Å². The van der Waals surface area contributed by atoms with E-state index in [9.17, 15) is 26.6 Å². The van der Waals surface area contributed by atoms with Gasteiger partial charge in [0.15, 0.2) is 5.69 Å². The molecule has 1 heterocycles. The van der Waals surface area contributed by atoms with Crippen molar-refractivity contribution in [2.24, 2.45) is 0 Å². The standard InChI is InChI=1S/C21H17ClF4N4O3S/c1-10-15(8-7-14(22)17(10)23)33-20-16(11(2)18(29-30-20)21(24,25)26)19(31)28-12-5-4-6-13(9-12)34(3,27)32/h4-9,27H,1-3H3,(H,28,31)/t34-/m1/s1. The summed E-state index contributed by atoms with van der Waals surface area (Å²) in [5.41, 5.74) is -2.54. The van der Waals surface area contributed by atoms with E-state index in [2.05, 4.69) is 15.5 Å². The summed E-state index contributed by atoms with van der Waals surface area (Å²) in [6.45, 7) is 2.35. The monoisotopic (exact) mass is 516 g/mol. The number of benzene rings is 2. The minimum Gasteiger partial charge on any atom is -0.437 e. The molecule has 3 rings (SSSR count). The molecule has 0 radical (unpaired) electrons. The van der Waals surface area contributed by atoms with Crippen LogP contribution in [0.1, 0.15) is 27.2 Å². The Labute approximate surface area is 197 Å². The van der Waals surface area contributed by atoms with E-state index >= 15 is 0 Å². The van der Waals surface area contributed by atoms with Crippen molar-refractivity contribution in [2.75, 3.05) is 11.6 Å². The molecule has 34 heavy (non-hydrogen) atoms. The van der Waals surface area contributed by atoms with Gasteiger partial charge in [-0.15, -0.1) is 10.2 Å². The number of anilines is 1. The lowest BCUT2D eigenvalue weighted by molar-refractivity contribution is -0.142. The number of carbonyl (C=O) groups excluding carboxylic acids is 1. The van der Waals surface area contributed by atoms with E-state index in [4.69, 9.17) is 21.1 Å². The van der Waals surface area contributed by atoms with Gasteiger partial charge in [-0.25, -0.2) is 13.4 Å². The van der Waals surface area contributed by atoms with Crippen LogP contribution in [0.2, 0.25) is 5.02 Å². The Bertz CT molecular complexity index is 1400. The van der Waals surface area contributed by atoms with Crippen LogP contribution in [0.3, 0.4) is 0 Å². The molecule has 0 aliphatic heterocycles. The topological polar surface area (TPSA) is 105 Å². The third-order valence-corrected chi connectivity index (χ3v) is 6.16. The second-order valence-corrected chi connectivity index (χ2v) is 9.83. The SMILES string of the molecule is Cc1c(Oc2nnc(C(F)(F)F)c(C)c2C(=O)Nc2cccc([S@](C)(=N)=O)c2)ccc(Cl)c1F. The molecule has 0 saturated heterocycles. The zero-order valence-electron chi connectivity index (χ0n) is 17.9. The van der Waals surface area contributed by atoms with E-state index in [-0.39, 0.29) is 26.9 Å². The lowest BCUT2D eigenvalue weighted by Gasteiger charge is -2.17. The van der Waals surface area contributed by atoms with Crippen molar-refractivity contribution in [2.45, 2.75) is 24.9 Å². The van der Waals surface area contributed by atoms with Gasteiger partial charge in [-0.3, -0.25) is 4.79 Å². The van der Waals surface area contributed by atoms with Crippen LogP contribution in [0.4, 0.5) is 23.2 Å². The highest BCUT2D eigenvalue weighted by atomic mass is 35.5. The molecular weight excluding hydrogens is 500 g/mol. The highest BCUT2D eigenvalue weighted by Gasteiger charge is 2.38. The lowest BCUT2D eigenvalue weighted by atomic mass is 10.1. The summed E-state index contributed by atoms with van der Waals surface area (Å²) in [5, 5.41) is 8.78. The normalized spacial score (nSPS) is 13.3. The molecule has 0 aliphatic carbocycles. The Hall–Kier alpha value is -3.25. The number of alkyl halides is 3. The molecule has 2 N–H and O–H groups in total. The summed E-state index contributed by atoms with van der Waals surface area (Å²) in [6.07, 6.45) is -3.73. The van der Waals surface area contributed by atoms with Gasteiger partial charge in [0, 0.05) is 22.4 Å². The molecule has 7 nitrogen and oxygen atoms in total. The predicted molar refractivity (Wildman–Crippen MR) is 117 cm³/mol. The molecule has 0 bridgehead atoms. The fraction of sp³-hybridized carbons (Fsp3) is 0.190. The maximum atomic E-state index is 14.2. The number of halogens is 5. The summed E-state index contributed by atoms with van der Waals surface area (Å²) in [4.78, 5) is 13.2. The molecular formula is C21H17ClF4N4O3S. The van der Waals surface area contributed by atoms with Crippen molar-refractivity contribution in [1.82, 2.24) is 10.2 Å². The molecule has 0 saturated carbocycles. The molecule has 2 aromatic carbocycles. The first-order chi connectivity index (χ1) is 15.7. The van der Waals surface area contributed by atoms with Crippen LogP contribution in [0.25, 0.3) is 0 Å². The molecule has 180 valence electrons. The van der Waals surface area contributed by atoms with Crippen LogP contribution in [0, 0.1) is 24.4 Å². The summed E-state index contributed by atoms with van der Waals surface area (Å²) in [7, 11) is -3.11. The summed E-state index contributed by atoms with van der Waals surface area (Å²) >= 11 is 5.72. The highest BCUT2D eigenvalue weighted by Crippen LogP contribution is 2.36. The van der Waals surface area contributed by atoms with Gasteiger partial charge in [0.2, 0.25) is 0 Å². The Kier molecular flexibility index (Phi) is 6.85. The number of nitrogens with zero attached hydrogens (tertiary/aromatic N) is 2. The summed E-state index contributed by atoms with van der Waals surface area (Å²) in [6, 6.07) is 7.96. The minimum absolute atomic E-state index is 0.0564. The smallest absolute Gasteiger partial charge is 0.435 e. The molecule has 0 unspecified atom stereocenters. The van der Waals surface area contributed by atoms with Crippen LogP contribution < -0.4 is 10.1 Å². The fourth-order valence-corrected chi connectivity index (χ4v) is 3.86. The van der Waals surface area contributed by atoms with E-state index in [0.717, 1.165) is 6.92 Å². The maximum absolute atomic E-state index is 14.2. The van der Waals surface area contributed by atoms with Crippen LogP contribution in [-0.2, 0) is 15.9 Å². The van der Waals surface area contributed by atoms with Gasteiger partial charge >= 0.3 is 6.18 Å². The second kappa shape index (κ2) is 9.18. The Balaban J connectivity index is 2.10. The second-order valence-electron chi connectivity index (χ2n) is 7.26. The van der Waals surface area contributed by atoms with E-state index < -0.39 is 50.3 Å². The van der Waals surface area contributed by atoms with Gasteiger partial charge < -0.3 is 10.1 Å². The Morgan fingerprint density at radius 1 is 1.15 bits per heavy atom. The molecule has 0 spiro atoms. The van der Waals surface area contributed by atoms with Crippen molar-refractivity contribution >= 4 is 32.9 Å². The summed E-state index contributed by atoms with van der Waals surface area (Å²) < 4.78 is 79.6. The van der Waals surface area contributed by atoms with Crippen molar-refractivity contribution in [3.05, 3.63) is 69.6 Å². The molecule has 0 fully saturated rings. The number of hydrogen-bond acceptors (Lipinski definition) is 6. The zero-order valence-corrected chi connectivity index (χ0v) is 19.5. The van der Waals surface area contributed by atoms with Crippen LogP contribution in [-0.4, -0.2) is 26.6 Å². The molecule has 13 heteroatoms. The maximum Gasteiger partial charge on any atom is 0.435 e. The number of amides is 1. The third kappa shape index (κ3) is 5.28. The molecule has 3 aromatic rings. The van der Waals surface area contributed by atoms with Gasteiger partial charge in [0.05, 0.1) is 14.8 Å². The lowest BCUT2D eigenvalue weighted by Crippen LogP contribution is -2.21. The van der Waals surface area contributed by atoms with Gasteiger partial charge in [0.1, 0.15) is 17.1 Å². The number of hydrogen-bond donors (Lipinski definition) is 2. The number of ether oxygens (including phenoxy) is 1. The highest BCUT2D eigenvalue weighted by molar-refractivity contribution is 7.91. The summed E-state index contributed by atoms with van der Waals surface area (Å²) in [5.74, 6) is -2.57. The van der Waals surface area contributed by atoms with Crippen LogP contribution >= 0.6 is 11.6 Å². The number of carbonyl (C=O) groups is 1. The minimum atomic E-state index is -4.91. The largest absolute Gasteiger partial charge is 0.437 e. The van der Waals surface area contributed by atoms with Gasteiger partial charge in [-0.2, -0.15) is 13.2 Å². The van der Waals surface area contributed by atoms with E-state index in [1.54, 1.807) is 0 Å². The van der Waals surface area contributed by atoms with Crippen molar-refractivity contribution in [1.29, 1.82) is 4.78 Å². The number of aromatic nitrogens is 2. The van der Waals surface area contributed by atoms with Crippen molar-refractivity contribution in [3.8, 4) is 11.6 Å². The first kappa shape index (κ1) is 25.4. The molecule has 0 aliphatic rings.